The molecule has 4 aromatic rings. The molecule has 1 fully saturated rings. The summed E-state index contributed by atoms with van der Waals surface area (Å²) < 4.78 is 0. The Morgan fingerprint density at radius 2 is 1.94 bits per heavy atom. The molecule has 1 saturated heterocycles. The summed E-state index contributed by atoms with van der Waals surface area (Å²) in [5.41, 5.74) is 2.09. The first-order valence-electron chi connectivity index (χ1n) is 10.5. The highest BCUT2D eigenvalue weighted by molar-refractivity contribution is 6.31. The van der Waals surface area contributed by atoms with Crippen LogP contribution < -0.4 is 0 Å². The highest BCUT2D eigenvalue weighted by atomic mass is 35.5. The molecule has 2 aromatic heterocycles. The summed E-state index contributed by atoms with van der Waals surface area (Å²) in [5.74, 6) is 1.01. The number of halogens is 2. The van der Waals surface area contributed by atoms with Gasteiger partial charge in [0.05, 0.1) is 29.2 Å². The number of hydrogen-bond donors (Lipinski definition) is 1. The lowest BCUT2D eigenvalue weighted by atomic mass is 9.97. The fraction of sp³-hybridized carbons (Fsp3) is 0.261. The number of hydrogen-bond acceptors (Lipinski definition) is 5. The van der Waals surface area contributed by atoms with Crippen LogP contribution in [-0.2, 0) is 5.54 Å². The third-order valence-corrected chi connectivity index (χ3v) is 6.86. The molecule has 168 valence electrons. The van der Waals surface area contributed by atoms with E-state index in [1.54, 1.807) is 30.6 Å². The summed E-state index contributed by atoms with van der Waals surface area (Å²) in [7, 11) is 0. The maximum atomic E-state index is 13.8. The van der Waals surface area contributed by atoms with Gasteiger partial charge in [-0.2, -0.15) is 20.1 Å². The van der Waals surface area contributed by atoms with Crippen molar-refractivity contribution in [3.05, 3.63) is 75.8 Å². The summed E-state index contributed by atoms with van der Waals surface area (Å²) in [5, 5.41) is 17.0. The molecule has 1 amide bonds. The van der Waals surface area contributed by atoms with Gasteiger partial charge in [-0.1, -0.05) is 35.3 Å². The zero-order chi connectivity index (χ0) is 23.2. The van der Waals surface area contributed by atoms with Gasteiger partial charge in [-0.05, 0) is 56.5 Å². The van der Waals surface area contributed by atoms with Crippen molar-refractivity contribution in [1.29, 1.82) is 0 Å². The maximum absolute atomic E-state index is 13.8. The molecule has 5 rings (SSSR count). The fourth-order valence-electron chi connectivity index (χ4n) is 4.35. The number of nitrogens with one attached hydrogen (secondary N) is 1. The Hall–Kier alpha value is -3.23. The van der Waals surface area contributed by atoms with Gasteiger partial charge < -0.3 is 4.90 Å². The third kappa shape index (κ3) is 3.69. The molecule has 10 heteroatoms. The zero-order valence-corrected chi connectivity index (χ0v) is 19.6. The first kappa shape index (κ1) is 21.6. The van der Waals surface area contributed by atoms with Crippen LogP contribution in [0.1, 0.15) is 41.5 Å². The van der Waals surface area contributed by atoms with Gasteiger partial charge in [0.15, 0.2) is 11.6 Å². The number of likely N-dealkylation sites (tertiary alicyclic amines) is 1. The van der Waals surface area contributed by atoms with Crippen molar-refractivity contribution in [2.75, 3.05) is 6.54 Å². The largest absolute Gasteiger partial charge is 0.326 e. The van der Waals surface area contributed by atoms with E-state index >= 15 is 0 Å². The Balaban J connectivity index is 1.53. The topological polar surface area (TPSA) is 92.6 Å². The minimum atomic E-state index is -0.661. The van der Waals surface area contributed by atoms with E-state index < -0.39 is 5.54 Å². The van der Waals surface area contributed by atoms with Gasteiger partial charge in [0.1, 0.15) is 0 Å². The predicted octanol–water partition coefficient (Wildman–Crippen LogP) is 4.82. The highest BCUT2D eigenvalue weighted by Gasteiger charge is 2.44. The van der Waals surface area contributed by atoms with Gasteiger partial charge >= 0.3 is 0 Å². The van der Waals surface area contributed by atoms with Gasteiger partial charge in [0.25, 0.3) is 5.91 Å². The van der Waals surface area contributed by atoms with Crippen LogP contribution in [0.25, 0.3) is 17.1 Å². The molecule has 8 nitrogen and oxygen atoms in total. The summed E-state index contributed by atoms with van der Waals surface area (Å²) in [6.07, 6.45) is 4.72. The standard InChI is InChI=1S/C23H21Cl2N7O/c1-14-16(5-3-6-18(14)25)20-28-22(30-29-20)23(2)9-4-12-31(23)21(33)17-13-15(24)7-8-19(17)32-26-10-11-27-32/h3,5-8,10-11,13H,4,9,12H2,1-2H3,(H,28,29,30). The molecule has 1 N–H and O–H groups in total. The Labute approximate surface area is 200 Å². The molecule has 1 atom stereocenters. The minimum Gasteiger partial charge on any atom is -0.326 e. The van der Waals surface area contributed by atoms with E-state index in [-0.39, 0.29) is 5.91 Å². The Bertz CT molecular complexity index is 1330. The van der Waals surface area contributed by atoms with Crippen LogP contribution in [0.3, 0.4) is 0 Å². The van der Waals surface area contributed by atoms with Crippen molar-refractivity contribution in [2.24, 2.45) is 0 Å². The second-order valence-corrected chi connectivity index (χ2v) is 9.08. The van der Waals surface area contributed by atoms with Gasteiger partial charge in [-0.25, -0.2) is 4.98 Å². The lowest BCUT2D eigenvalue weighted by Gasteiger charge is -2.33. The number of H-pyrrole nitrogens is 1. The molecule has 0 saturated carbocycles. The normalized spacial score (nSPS) is 18.1. The van der Waals surface area contributed by atoms with E-state index in [2.05, 4.69) is 20.4 Å². The molecule has 0 radical (unpaired) electrons. The quantitative estimate of drug-likeness (QED) is 0.450. The SMILES string of the molecule is Cc1c(Cl)cccc1-c1n[nH]c(C2(C)CCCN2C(=O)c2cc(Cl)ccc2-n2nccn2)n1. The smallest absolute Gasteiger partial charge is 0.256 e. The van der Waals surface area contributed by atoms with E-state index in [1.807, 2.05) is 36.9 Å². The Kier molecular flexibility index (Phi) is 5.42. The molecule has 1 aliphatic rings. The summed E-state index contributed by atoms with van der Waals surface area (Å²) in [6, 6.07) is 10.8. The molecule has 3 heterocycles. The van der Waals surface area contributed by atoms with Crippen molar-refractivity contribution in [1.82, 2.24) is 35.1 Å². The van der Waals surface area contributed by atoms with Gasteiger partial charge in [0, 0.05) is 22.2 Å². The number of carbonyl (C=O) groups excluding carboxylic acids is 1. The lowest BCUT2D eigenvalue weighted by Crippen LogP contribution is -2.44. The molecule has 2 aromatic carbocycles. The van der Waals surface area contributed by atoms with Crippen molar-refractivity contribution in [3.63, 3.8) is 0 Å². The number of rotatable bonds is 4. The van der Waals surface area contributed by atoms with E-state index in [4.69, 9.17) is 28.2 Å². The van der Waals surface area contributed by atoms with Gasteiger partial charge in [-0.15, -0.1) is 0 Å². The zero-order valence-electron chi connectivity index (χ0n) is 18.1. The molecular formula is C23H21Cl2N7O. The average Bonchev–Trinajstić information content (AvgIpc) is 3.56. The fourth-order valence-corrected chi connectivity index (χ4v) is 4.69. The molecule has 0 bridgehead atoms. The highest BCUT2D eigenvalue weighted by Crippen LogP contribution is 2.39. The maximum Gasteiger partial charge on any atom is 0.256 e. The van der Waals surface area contributed by atoms with Crippen LogP contribution in [0.2, 0.25) is 10.0 Å². The number of aromatic nitrogens is 6. The number of carbonyl (C=O) groups is 1. The predicted molar refractivity (Wildman–Crippen MR) is 126 cm³/mol. The Morgan fingerprint density at radius 3 is 2.73 bits per heavy atom. The lowest BCUT2D eigenvalue weighted by molar-refractivity contribution is 0.0604. The summed E-state index contributed by atoms with van der Waals surface area (Å²) in [6.45, 7) is 4.52. The molecule has 0 aliphatic carbocycles. The second kappa shape index (κ2) is 8.28. The van der Waals surface area contributed by atoms with Crippen molar-refractivity contribution >= 4 is 29.1 Å². The van der Waals surface area contributed by atoms with Crippen LogP contribution in [0.5, 0.6) is 0 Å². The first-order chi connectivity index (χ1) is 15.9. The monoisotopic (exact) mass is 481 g/mol. The summed E-state index contributed by atoms with van der Waals surface area (Å²) in [4.78, 5) is 21.8. The number of amides is 1. The van der Waals surface area contributed by atoms with Crippen molar-refractivity contribution in [3.8, 4) is 17.1 Å². The minimum absolute atomic E-state index is 0.165. The van der Waals surface area contributed by atoms with Crippen LogP contribution >= 0.6 is 23.2 Å². The molecule has 1 aliphatic heterocycles. The number of benzene rings is 2. The van der Waals surface area contributed by atoms with Crippen LogP contribution in [0.4, 0.5) is 0 Å². The van der Waals surface area contributed by atoms with Crippen LogP contribution in [0.15, 0.2) is 48.8 Å². The van der Waals surface area contributed by atoms with E-state index in [1.165, 1.54) is 4.80 Å². The molecular weight excluding hydrogens is 461 g/mol. The average molecular weight is 482 g/mol. The van der Waals surface area contributed by atoms with Gasteiger partial charge in [-0.3, -0.25) is 9.89 Å². The van der Waals surface area contributed by atoms with E-state index in [0.717, 1.165) is 24.0 Å². The Morgan fingerprint density at radius 1 is 1.15 bits per heavy atom. The summed E-state index contributed by atoms with van der Waals surface area (Å²) >= 11 is 12.5. The molecule has 1 unspecified atom stereocenters. The van der Waals surface area contributed by atoms with Crippen LogP contribution in [-0.4, -0.2) is 47.5 Å². The number of nitrogens with zero attached hydrogens (tertiary/aromatic N) is 6. The van der Waals surface area contributed by atoms with Gasteiger partial charge in [0.2, 0.25) is 0 Å². The first-order valence-corrected chi connectivity index (χ1v) is 11.3. The number of aromatic amines is 1. The molecule has 33 heavy (non-hydrogen) atoms. The van der Waals surface area contributed by atoms with Crippen molar-refractivity contribution in [2.45, 2.75) is 32.2 Å². The third-order valence-electron chi connectivity index (χ3n) is 6.21. The molecule has 0 spiro atoms. The van der Waals surface area contributed by atoms with Crippen molar-refractivity contribution < 1.29 is 4.79 Å². The van der Waals surface area contributed by atoms with E-state index in [0.29, 0.717) is 39.5 Å². The second-order valence-electron chi connectivity index (χ2n) is 8.23. The van der Waals surface area contributed by atoms with E-state index in [9.17, 15) is 4.79 Å². The van der Waals surface area contributed by atoms with Crippen LogP contribution in [0, 0.1) is 6.92 Å².